The van der Waals surface area contributed by atoms with Crippen molar-refractivity contribution in [2.75, 3.05) is 6.54 Å². The van der Waals surface area contributed by atoms with Gasteiger partial charge in [0.1, 0.15) is 11.9 Å². The van der Waals surface area contributed by atoms with Gasteiger partial charge in [0.05, 0.1) is 6.42 Å². The lowest BCUT2D eigenvalue weighted by molar-refractivity contribution is -0.155. The number of nitrogens with one attached hydrogen (secondary N) is 1. The summed E-state index contributed by atoms with van der Waals surface area (Å²) < 4.78 is 5.08. The molecule has 0 radical (unpaired) electrons. The van der Waals surface area contributed by atoms with Gasteiger partial charge >= 0.3 is 5.97 Å². The van der Waals surface area contributed by atoms with Crippen LogP contribution in [-0.4, -0.2) is 30.3 Å². The molecule has 0 bridgehead atoms. The largest absolute Gasteiger partial charge is 0.460 e. The minimum atomic E-state index is -0.582. The zero-order chi connectivity index (χ0) is 14.4. The molecule has 1 N–H and O–H groups in total. The molecule has 0 spiro atoms. The topological polar surface area (TPSA) is 72.5 Å². The Morgan fingerprint density at radius 3 is 2.11 bits per heavy atom. The molecule has 1 amide bonds. The number of hydrogen-bond acceptors (Lipinski definition) is 4. The van der Waals surface area contributed by atoms with E-state index in [0.717, 1.165) is 6.29 Å². The molecule has 104 valence electrons. The monoisotopic (exact) mass is 257 g/mol. The van der Waals surface area contributed by atoms with Crippen molar-refractivity contribution in [3.05, 3.63) is 0 Å². The fourth-order valence-corrected chi connectivity index (χ4v) is 1.06. The Morgan fingerprint density at radius 1 is 1.11 bits per heavy atom. The van der Waals surface area contributed by atoms with Crippen LogP contribution in [0.5, 0.6) is 0 Å². The molecule has 0 aromatic carbocycles. The minimum Gasteiger partial charge on any atom is -0.460 e. The SMILES string of the molecule is CC(C)(C=O)CNC(=O)CCC(=O)OC(C)(C)C. The third kappa shape index (κ3) is 8.73. The van der Waals surface area contributed by atoms with E-state index in [4.69, 9.17) is 4.74 Å². The van der Waals surface area contributed by atoms with Crippen LogP contribution in [0.15, 0.2) is 0 Å². The van der Waals surface area contributed by atoms with Crippen LogP contribution in [0.4, 0.5) is 0 Å². The zero-order valence-electron chi connectivity index (χ0n) is 11.8. The number of carbonyl (C=O) groups excluding carboxylic acids is 3. The van der Waals surface area contributed by atoms with Gasteiger partial charge in [0.25, 0.3) is 0 Å². The van der Waals surface area contributed by atoms with Crippen molar-refractivity contribution < 1.29 is 19.1 Å². The Hall–Kier alpha value is -1.39. The smallest absolute Gasteiger partial charge is 0.306 e. The van der Waals surface area contributed by atoms with Crippen LogP contribution in [0.3, 0.4) is 0 Å². The molecule has 0 saturated carbocycles. The Morgan fingerprint density at radius 2 is 1.67 bits per heavy atom. The number of hydrogen-bond donors (Lipinski definition) is 1. The number of rotatable bonds is 6. The van der Waals surface area contributed by atoms with E-state index in [2.05, 4.69) is 5.32 Å². The fourth-order valence-electron chi connectivity index (χ4n) is 1.06. The van der Waals surface area contributed by atoms with E-state index < -0.39 is 17.0 Å². The van der Waals surface area contributed by atoms with Gasteiger partial charge in [0.2, 0.25) is 5.91 Å². The lowest BCUT2D eigenvalue weighted by Gasteiger charge is -2.20. The Labute approximate surface area is 108 Å². The molecule has 0 fully saturated rings. The van der Waals surface area contributed by atoms with Crippen molar-refractivity contribution in [3.63, 3.8) is 0 Å². The van der Waals surface area contributed by atoms with E-state index in [-0.39, 0.29) is 25.3 Å². The van der Waals surface area contributed by atoms with Crippen LogP contribution in [0.25, 0.3) is 0 Å². The highest BCUT2D eigenvalue weighted by molar-refractivity contribution is 5.81. The maximum atomic E-state index is 11.4. The van der Waals surface area contributed by atoms with Gasteiger partial charge < -0.3 is 14.8 Å². The van der Waals surface area contributed by atoms with Gasteiger partial charge in [-0.05, 0) is 20.8 Å². The molecule has 0 aliphatic heterocycles. The van der Waals surface area contributed by atoms with Crippen molar-refractivity contribution in [2.45, 2.75) is 53.1 Å². The van der Waals surface area contributed by atoms with E-state index in [1.807, 2.05) is 0 Å². The van der Waals surface area contributed by atoms with Crippen LogP contribution in [-0.2, 0) is 19.1 Å². The number of ether oxygens (including phenoxy) is 1. The standard InChI is InChI=1S/C13H23NO4/c1-12(2,3)18-11(17)7-6-10(16)14-8-13(4,5)9-15/h9H,6-8H2,1-5H3,(H,14,16). The van der Waals surface area contributed by atoms with Crippen molar-refractivity contribution in [1.82, 2.24) is 5.32 Å². The number of amides is 1. The van der Waals surface area contributed by atoms with Gasteiger partial charge in [-0.3, -0.25) is 9.59 Å². The Kier molecular flexibility index (Phi) is 6.01. The summed E-state index contributed by atoms with van der Waals surface area (Å²) in [5.74, 6) is -0.650. The average Bonchev–Trinajstić information content (AvgIpc) is 2.21. The molecule has 0 aromatic heterocycles. The van der Waals surface area contributed by atoms with Gasteiger partial charge in [-0.25, -0.2) is 0 Å². The van der Waals surface area contributed by atoms with Gasteiger partial charge in [-0.2, -0.15) is 0 Å². The normalized spacial score (nSPS) is 11.8. The highest BCUT2D eigenvalue weighted by Crippen LogP contribution is 2.10. The van der Waals surface area contributed by atoms with Gasteiger partial charge in [0.15, 0.2) is 0 Å². The second kappa shape index (κ2) is 6.52. The molecule has 0 rings (SSSR count). The molecular weight excluding hydrogens is 234 g/mol. The molecule has 0 saturated heterocycles. The number of carbonyl (C=O) groups is 3. The molecule has 0 aliphatic carbocycles. The van der Waals surface area contributed by atoms with Gasteiger partial charge in [-0.1, -0.05) is 13.8 Å². The molecule has 0 aliphatic rings. The van der Waals surface area contributed by atoms with E-state index in [0.29, 0.717) is 0 Å². The van der Waals surface area contributed by atoms with Gasteiger partial charge in [-0.15, -0.1) is 0 Å². The van der Waals surface area contributed by atoms with Crippen LogP contribution in [0.2, 0.25) is 0 Å². The number of aldehydes is 1. The summed E-state index contributed by atoms with van der Waals surface area (Å²) in [4.78, 5) is 33.4. The molecule has 0 aromatic rings. The van der Waals surface area contributed by atoms with Crippen LogP contribution < -0.4 is 5.32 Å². The lowest BCUT2D eigenvalue weighted by atomic mass is 9.96. The van der Waals surface area contributed by atoms with Crippen molar-refractivity contribution >= 4 is 18.2 Å². The van der Waals surface area contributed by atoms with Crippen molar-refractivity contribution in [2.24, 2.45) is 5.41 Å². The second-order valence-corrected chi connectivity index (χ2v) is 5.97. The summed E-state index contributed by atoms with van der Waals surface area (Å²) in [6, 6.07) is 0. The summed E-state index contributed by atoms with van der Waals surface area (Å²) in [7, 11) is 0. The van der Waals surface area contributed by atoms with E-state index in [9.17, 15) is 14.4 Å². The predicted octanol–water partition coefficient (Wildman–Crippen LogP) is 1.45. The maximum absolute atomic E-state index is 11.4. The molecule has 0 heterocycles. The van der Waals surface area contributed by atoms with Crippen LogP contribution in [0.1, 0.15) is 47.5 Å². The van der Waals surface area contributed by atoms with Crippen LogP contribution >= 0.6 is 0 Å². The quantitative estimate of drug-likeness (QED) is 0.577. The van der Waals surface area contributed by atoms with Gasteiger partial charge in [0, 0.05) is 18.4 Å². The van der Waals surface area contributed by atoms with Crippen LogP contribution in [0, 0.1) is 5.41 Å². The van der Waals surface area contributed by atoms with E-state index in [1.165, 1.54) is 0 Å². The maximum Gasteiger partial charge on any atom is 0.306 e. The summed E-state index contributed by atoms with van der Waals surface area (Å²) in [5, 5.41) is 2.61. The summed E-state index contributed by atoms with van der Waals surface area (Å²) in [6.45, 7) is 9.05. The van der Waals surface area contributed by atoms with E-state index in [1.54, 1.807) is 34.6 Å². The molecule has 5 heteroatoms. The molecule has 0 unspecified atom stereocenters. The highest BCUT2D eigenvalue weighted by Gasteiger charge is 2.19. The summed E-state index contributed by atoms with van der Waals surface area (Å²) in [5.41, 5.74) is -1.12. The first-order valence-electron chi connectivity index (χ1n) is 6.01. The lowest BCUT2D eigenvalue weighted by Crippen LogP contribution is -2.35. The summed E-state index contributed by atoms with van der Waals surface area (Å²) >= 11 is 0. The molecule has 18 heavy (non-hydrogen) atoms. The second-order valence-electron chi connectivity index (χ2n) is 5.97. The zero-order valence-corrected chi connectivity index (χ0v) is 11.8. The number of esters is 1. The predicted molar refractivity (Wildman–Crippen MR) is 67.9 cm³/mol. The third-order valence-corrected chi connectivity index (χ3v) is 2.04. The van der Waals surface area contributed by atoms with E-state index >= 15 is 0 Å². The third-order valence-electron chi connectivity index (χ3n) is 2.04. The highest BCUT2D eigenvalue weighted by atomic mass is 16.6. The Balaban J connectivity index is 3.91. The average molecular weight is 257 g/mol. The first-order valence-corrected chi connectivity index (χ1v) is 6.01. The fraction of sp³-hybridized carbons (Fsp3) is 0.769. The minimum absolute atomic E-state index is 0.0463. The first-order chi connectivity index (χ1) is 8.06. The van der Waals surface area contributed by atoms with Crippen molar-refractivity contribution in [3.8, 4) is 0 Å². The molecular formula is C13H23NO4. The molecule has 5 nitrogen and oxygen atoms in total. The van der Waals surface area contributed by atoms with Crippen molar-refractivity contribution in [1.29, 1.82) is 0 Å². The summed E-state index contributed by atoms with van der Waals surface area (Å²) in [6.07, 6.45) is 0.912. The first kappa shape index (κ1) is 16.6. The molecule has 0 atom stereocenters. The Bertz CT molecular complexity index is 315.